The van der Waals surface area contributed by atoms with Crippen LogP contribution in [0.25, 0.3) is 42.8 Å². The zero-order valence-corrected chi connectivity index (χ0v) is 24.2. The number of nitrogen functional groups attached to an aromatic ring is 1. The van der Waals surface area contributed by atoms with Crippen LogP contribution in [0.5, 0.6) is 11.8 Å². The van der Waals surface area contributed by atoms with E-state index in [9.17, 15) is 4.79 Å². The van der Waals surface area contributed by atoms with Gasteiger partial charge in [0.1, 0.15) is 17.4 Å². The fourth-order valence-corrected chi connectivity index (χ4v) is 6.13. The molecule has 6 aromatic rings. The zero-order valence-electron chi connectivity index (χ0n) is 23.3. The Morgan fingerprint density at radius 3 is 2.63 bits per heavy atom. The number of nitrogens with one attached hydrogen (secondary N) is 1. The maximum absolute atomic E-state index is 15.8. The largest absolute Gasteiger partial charge is 0.424 e. The highest BCUT2D eigenvalue weighted by molar-refractivity contribution is 7.23. The van der Waals surface area contributed by atoms with E-state index in [-0.39, 0.29) is 18.5 Å². The Morgan fingerprint density at radius 1 is 1.12 bits per heavy atom. The Hall–Kier alpha value is -5.42. The van der Waals surface area contributed by atoms with Crippen molar-refractivity contribution in [2.45, 2.75) is 13.5 Å². The van der Waals surface area contributed by atoms with Gasteiger partial charge in [-0.1, -0.05) is 30.8 Å². The van der Waals surface area contributed by atoms with Gasteiger partial charge in [0.25, 0.3) is 0 Å². The van der Waals surface area contributed by atoms with Crippen LogP contribution in [0.15, 0.2) is 86.0 Å². The summed E-state index contributed by atoms with van der Waals surface area (Å²) in [4.78, 5) is 25.3. The lowest BCUT2D eigenvalue weighted by molar-refractivity contribution is -0.116. The number of ether oxygens (including phenoxy) is 1. The minimum atomic E-state index is -0.427. The molecule has 4 heterocycles. The summed E-state index contributed by atoms with van der Waals surface area (Å²) in [5.74, 6) is 0.125. The number of carbonyl (C=O) groups is 1. The summed E-state index contributed by atoms with van der Waals surface area (Å²) in [7, 11) is 1.84. The van der Waals surface area contributed by atoms with Crippen molar-refractivity contribution in [1.82, 2.24) is 30.0 Å². The average Bonchev–Trinajstić information content (AvgIpc) is 3.61. The van der Waals surface area contributed by atoms with Crippen molar-refractivity contribution in [3.63, 3.8) is 0 Å². The van der Waals surface area contributed by atoms with Gasteiger partial charge in [-0.3, -0.25) is 9.48 Å². The van der Waals surface area contributed by atoms with Crippen LogP contribution in [0.3, 0.4) is 0 Å². The molecule has 1 amide bonds. The molecular formula is C32H26FN7O2S. The minimum absolute atomic E-state index is 0.176. The summed E-state index contributed by atoms with van der Waals surface area (Å²) in [6.07, 6.45) is 8.20. The number of carbonyl (C=O) groups excluding carboxylic acids is 1. The number of amides is 1. The number of halogens is 1. The van der Waals surface area contributed by atoms with E-state index in [1.807, 2.05) is 44.4 Å². The Bertz CT molecular complexity index is 2000. The molecule has 0 bridgehead atoms. The number of rotatable bonds is 8. The Labute approximate surface area is 250 Å². The SMILES string of the molecule is C=CC(=O)NCc1ccc(-c2sc3c(-c4cnn(C)c4)cnc(N)c3c2-c2ccc(Oc3nccc(C)n3)cc2)c(F)c1. The van der Waals surface area contributed by atoms with Crippen LogP contribution in [0.1, 0.15) is 11.3 Å². The first-order valence-corrected chi connectivity index (χ1v) is 14.1. The number of nitrogens with zero attached hydrogens (tertiary/aromatic N) is 5. The second-order valence-electron chi connectivity index (χ2n) is 9.81. The van der Waals surface area contributed by atoms with Crippen LogP contribution in [-0.4, -0.2) is 30.6 Å². The van der Waals surface area contributed by atoms with Crippen molar-refractivity contribution in [1.29, 1.82) is 0 Å². The van der Waals surface area contributed by atoms with Gasteiger partial charge in [0.05, 0.1) is 6.20 Å². The van der Waals surface area contributed by atoms with Crippen LogP contribution in [0.2, 0.25) is 0 Å². The van der Waals surface area contributed by atoms with Crippen LogP contribution in [0, 0.1) is 12.7 Å². The summed E-state index contributed by atoms with van der Waals surface area (Å²) in [5.41, 5.74) is 11.6. The van der Waals surface area contributed by atoms with Gasteiger partial charge in [-0.05, 0) is 48.4 Å². The molecule has 0 unspecified atom stereocenters. The molecule has 0 aliphatic rings. The number of hydrogen-bond acceptors (Lipinski definition) is 8. The number of pyridine rings is 1. The van der Waals surface area contributed by atoms with E-state index in [0.29, 0.717) is 27.6 Å². The second-order valence-corrected chi connectivity index (χ2v) is 10.8. The summed E-state index contributed by atoms with van der Waals surface area (Å²) in [5, 5.41) is 7.72. The summed E-state index contributed by atoms with van der Waals surface area (Å²) >= 11 is 1.44. The van der Waals surface area contributed by atoms with Gasteiger partial charge in [-0.25, -0.2) is 19.3 Å². The van der Waals surface area contributed by atoms with E-state index in [4.69, 9.17) is 10.5 Å². The lowest BCUT2D eigenvalue weighted by Gasteiger charge is -2.11. The molecule has 214 valence electrons. The highest BCUT2D eigenvalue weighted by atomic mass is 32.1. The van der Waals surface area contributed by atoms with E-state index >= 15 is 4.39 Å². The molecule has 6 rings (SSSR count). The van der Waals surface area contributed by atoms with Gasteiger partial charge >= 0.3 is 6.01 Å². The predicted octanol–water partition coefficient (Wildman–Crippen LogP) is 6.45. The van der Waals surface area contributed by atoms with Crippen LogP contribution < -0.4 is 15.8 Å². The maximum atomic E-state index is 15.8. The third-order valence-corrected chi connectivity index (χ3v) is 8.07. The summed E-state index contributed by atoms with van der Waals surface area (Å²) in [6.45, 7) is 5.49. The lowest BCUT2D eigenvalue weighted by Crippen LogP contribution is -2.19. The van der Waals surface area contributed by atoms with Gasteiger partial charge in [0, 0.05) is 75.1 Å². The number of aromatic nitrogens is 5. The van der Waals surface area contributed by atoms with Gasteiger partial charge in [0.2, 0.25) is 5.91 Å². The number of benzene rings is 2. The molecule has 0 spiro atoms. The van der Waals surface area contributed by atoms with Gasteiger partial charge in [-0.15, -0.1) is 11.3 Å². The summed E-state index contributed by atoms with van der Waals surface area (Å²) < 4.78 is 24.2. The zero-order chi connectivity index (χ0) is 30.1. The van der Waals surface area contributed by atoms with Crippen LogP contribution in [0.4, 0.5) is 10.2 Å². The highest BCUT2D eigenvalue weighted by Gasteiger charge is 2.23. The fraction of sp³-hybridized carbons (Fsp3) is 0.0938. The maximum Gasteiger partial charge on any atom is 0.322 e. The van der Waals surface area contributed by atoms with Crippen molar-refractivity contribution in [3.8, 4) is 44.5 Å². The standard InChI is InChI=1S/C32H26FN7O2S/c1-4-26(41)36-14-19-5-10-23(25(33)13-19)29-27(20-6-8-22(9-7-20)42-32-35-12-11-18(2)39-32)28-30(43-29)24(16-37-31(28)34)21-15-38-40(3)17-21/h4-13,15-17H,1,14H2,2-3H3,(H2,34,37)(H,36,41). The van der Waals surface area contributed by atoms with E-state index in [1.165, 1.54) is 23.5 Å². The molecule has 4 aromatic heterocycles. The molecule has 0 atom stereocenters. The number of thiophene rings is 1. The number of nitrogens with two attached hydrogens (primary N) is 1. The lowest BCUT2D eigenvalue weighted by atomic mass is 9.97. The van der Waals surface area contributed by atoms with Gasteiger partial charge in [-0.2, -0.15) is 5.10 Å². The third-order valence-electron chi connectivity index (χ3n) is 6.81. The fourth-order valence-electron chi connectivity index (χ4n) is 4.74. The molecule has 11 heteroatoms. The Kier molecular flexibility index (Phi) is 7.39. The van der Waals surface area contributed by atoms with E-state index in [1.54, 1.807) is 41.5 Å². The number of fused-ring (bicyclic) bond motifs is 1. The van der Waals surface area contributed by atoms with Crippen molar-refractivity contribution < 1.29 is 13.9 Å². The van der Waals surface area contributed by atoms with E-state index in [2.05, 4.69) is 31.9 Å². The molecule has 9 nitrogen and oxygen atoms in total. The minimum Gasteiger partial charge on any atom is -0.424 e. The molecule has 0 saturated heterocycles. The van der Waals surface area contributed by atoms with Crippen LogP contribution >= 0.6 is 11.3 Å². The number of aryl methyl sites for hydroxylation is 2. The van der Waals surface area contributed by atoms with Gasteiger partial charge < -0.3 is 15.8 Å². The normalized spacial score (nSPS) is 11.0. The molecule has 0 saturated carbocycles. The highest BCUT2D eigenvalue weighted by Crippen LogP contribution is 2.50. The first-order chi connectivity index (χ1) is 20.8. The number of hydrogen-bond donors (Lipinski definition) is 2. The Morgan fingerprint density at radius 2 is 1.93 bits per heavy atom. The van der Waals surface area contributed by atoms with Crippen molar-refractivity contribution in [3.05, 3.63) is 103 Å². The number of anilines is 1. The molecular weight excluding hydrogens is 565 g/mol. The van der Waals surface area contributed by atoms with Crippen molar-refractivity contribution in [2.24, 2.45) is 7.05 Å². The first kappa shape index (κ1) is 27.7. The quantitative estimate of drug-likeness (QED) is 0.195. The molecule has 0 radical (unpaired) electrons. The Balaban J connectivity index is 1.49. The third kappa shape index (κ3) is 5.57. The average molecular weight is 592 g/mol. The second kappa shape index (κ2) is 11.5. The molecule has 0 aliphatic heterocycles. The van der Waals surface area contributed by atoms with Crippen LogP contribution in [-0.2, 0) is 18.4 Å². The first-order valence-electron chi connectivity index (χ1n) is 13.3. The smallest absolute Gasteiger partial charge is 0.322 e. The van der Waals surface area contributed by atoms with E-state index in [0.717, 1.165) is 38.0 Å². The molecule has 3 N–H and O–H groups in total. The van der Waals surface area contributed by atoms with Gasteiger partial charge in [0.15, 0.2) is 0 Å². The van der Waals surface area contributed by atoms with E-state index < -0.39 is 5.82 Å². The topological polar surface area (TPSA) is 121 Å². The van der Waals surface area contributed by atoms with Crippen molar-refractivity contribution >= 4 is 33.1 Å². The molecule has 2 aromatic carbocycles. The van der Waals surface area contributed by atoms with Crippen molar-refractivity contribution in [2.75, 3.05) is 5.73 Å². The molecule has 0 fully saturated rings. The predicted molar refractivity (Wildman–Crippen MR) is 166 cm³/mol. The summed E-state index contributed by atoms with van der Waals surface area (Å²) in [6, 6.07) is 14.4. The monoisotopic (exact) mass is 591 g/mol. The molecule has 43 heavy (non-hydrogen) atoms. The molecule has 0 aliphatic carbocycles.